The average Bonchev–Trinajstić information content (AvgIpc) is 2.59. The Hall–Kier alpha value is -1.35. The molecule has 0 aliphatic heterocycles. The Balaban J connectivity index is 2.56. The van der Waals surface area contributed by atoms with E-state index in [1.165, 1.54) is 6.08 Å². The summed E-state index contributed by atoms with van der Waals surface area (Å²) in [4.78, 5) is 0.275. The Labute approximate surface area is 165 Å². The summed E-state index contributed by atoms with van der Waals surface area (Å²) in [5, 5.41) is 11.3. The highest BCUT2D eigenvalue weighted by molar-refractivity contribution is 7.95. The van der Waals surface area contributed by atoms with Crippen molar-refractivity contribution >= 4 is 17.9 Å². The third-order valence-electron chi connectivity index (χ3n) is 5.95. The molecule has 148 valence electrons. The average molecular weight is 405 g/mol. The minimum atomic E-state index is -3.79. The molecule has 2 rings (SSSR count). The summed E-state index contributed by atoms with van der Waals surface area (Å²) in [5.41, 5.74) is 2.02. The molecular weight excluding hydrogens is 372 g/mol. The van der Waals surface area contributed by atoms with Crippen molar-refractivity contribution in [1.29, 1.82) is 0 Å². The molecule has 0 heterocycles. The third-order valence-corrected chi connectivity index (χ3v) is 12.4. The largest absolute Gasteiger partial charge is 0.384 e. The minimum absolute atomic E-state index is 0.0621. The van der Waals surface area contributed by atoms with E-state index in [9.17, 15) is 13.5 Å². The monoisotopic (exact) mass is 404 g/mol. The van der Waals surface area contributed by atoms with Gasteiger partial charge in [-0.2, -0.15) is 0 Å². The van der Waals surface area contributed by atoms with Crippen LogP contribution in [0.3, 0.4) is 0 Å². The predicted octanol–water partition coefficient (Wildman–Crippen LogP) is 5.09. The zero-order chi connectivity index (χ0) is 20.3. The lowest BCUT2D eigenvalue weighted by Gasteiger charge is -2.34. The Morgan fingerprint density at radius 1 is 1.11 bits per heavy atom. The van der Waals surface area contributed by atoms with Crippen molar-refractivity contribution in [2.24, 2.45) is 0 Å². The van der Waals surface area contributed by atoms with Gasteiger partial charge in [0, 0.05) is 6.08 Å². The van der Waals surface area contributed by atoms with Crippen LogP contribution in [0.5, 0.6) is 0 Å². The maximum atomic E-state index is 13.3. The number of hydrogen-bond acceptors (Lipinski definition) is 3. The van der Waals surface area contributed by atoms with E-state index < -0.39 is 23.5 Å². The van der Waals surface area contributed by atoms with Gasteiger partial charge in [-0.15, -0.1) is 5.54 Å². The molecule has 27 heavy (non-hydrogen) atoms. The molecule has 1 aromatic rings. The lowest BCUT2D eigenvalue weighted by molar-refractivity contribution is 0.0466. The van der Waals surface area contributed by atoms with Crippen LogP contribution in [0.25, 0.3) is 0 Å². The SMILES string of the molecule is CC(C)(C)[Si](C)(C)C#C/C=C(\C1(O)CCCCC1)S(=O)(=O)c1ccccc1. The minimum Gasteiger partial charge on any atom is -0.384 e. The second-order valence-corrected chi connectivity index (χ2v) is 16.0. The van der Waals surface area contributed by atoms with Crippen LogP contribution in [0, 0.1) is 11.5 Å². The summed E-state index contributed by atoms with van der Waals surface area (Å²) in [5.74, 6) is 3.04. The topological polar surface area (TPSA) is 54.4 Å². The predicted molar refractivity (Wildman–Crippen MR) is 115 cm³/mol. The summed E-state index contributed by atoms with van der Waals surface area (Å²) in [6.45, 7) is 10.9. The van der Waals surface area contributed by atoms with Gasteiger partial charge in [-0.3, -0.25) is 0 Å². The number of aliphatic hydroxyl groups is 1. The van der Waals surface area contributed by atoms with E-state index >= 15 is 0 Å². The van der Waals surface area contributed by atoms with E-state index in [2.05, 4.69) is 45.3 Å². The van der Waals surface area contributed by atoms with Gasteiger partial charge < -0.3 is 5.11 Å². The van der Waals surface area contributed by atoms with Crippen LogP contribution in [-0.4, -0.2) is 27.2 Å². The second kappa shape index (κ2) is 7.95. The summed E-state index contributed by atoms with van der Waals surface area (Å²) in [7, 11) is -5.65. The molecule has 1 fully saturated rings. The molecule has 0 saturated heterocycles. The van der Waals surface area contributed by atoms with Crippen LogP contribution < -0.4 is 0 Å². The van der Waals surface area contributed by atoms with Gasteiger partial charge in [0.25, 0.3) is 0 Å². The van der Waals surface area contributed by atoms with Gasteiger partial charge in [-0.1, -0.05) is 77.2 Å². The van der Waals surface area contributed by atoms with Gasteiger partial charge in [0.2, 0.25) is 9.84 Å². The van der Waals surface area contributed by atoms with Crippen LogP contribution in [-0.2, 0) is 9.84 Å². The van der Waals surface area contributed by atoms with Crippen molar-refractivity contribution in [1.82, 2.24) is 0 Å². The van der Waals surface area contributed by atoms with Gasteiger partial charge >= 0.3 is 0 Å². The van der Waals surface area contributed by atoms with Crippen molar-refractivity contribution in [3.63, 3.8) is 0 Å². The number of rotatable bonds is 3. The molecule has 1 aliphatic carbocycles. The molecule has 0 amide bonds. The van der Waals surface area contributed by atoms with Crippen molar-refractivity contribution in [2.75, 3.05) is 0 Å². The fraction of sp³-hybridized carbons (Fsp3) is 0.545. The molecule has 0 spiro atoms. The lowest BCUT2D eigenvalue weighted by atomic mass is 9.84. The van der Waals surface area contributed by atoms with E-state index in [-0.39, 0.29) is 14.8 Å². The van der Waals surface area contributed by atoms with E-state index in [4.69, 9.17) is 0 Å². The van der Waals surface area contributed by atoms with Crippen LogP contribution in [0.4, 0.5) is 0 Å². The van der Waals surface area contributed by atoms with Crippen molar-refractivity contribution in [3.8, 4) is 11.5 Å². The van der Waals surface area contributed by atoms with Crippen molar-refractivity contribution in [2.45, 2.75) is 81.5 Å². The Bertz CT molecular complexity index is 844. The number of sulfone groups is 1. The molecule has 1 N–H and O–H groups in total. The molecular formula is C22H32O3SSi. The molecule has 3 nitrogen and oxygen atoms in total. The van der Waals surface area contributed by atoms with Gasteiger partial charge in [-0.05, 0) is 30.0 Å². The highest BCUT2D eigenvalue weighted by Gasteiger charge is 2.41. The maximum Gasteiger partial charge on any atom is 0.206 e. The van der Waals surface area contributed by atoms with Crippen LogP contribution >= 0.6 is 0 Å². The second-order valence-electron chi connectivity index (χ2n) is 9.06. The standard InChI is InChI=1S/C22H32O3SSi/c1-21(2,3)27(4,5)18-12-15-20(22(23)16-10-7-11-17-22)26(24,25)19-13-8-6-9-14-19/h6,8-9,13-15,23H,7,10-11,16-17H2,1-5H3/b20-15+. The smallest absolute Gasteiger partial charge is 0.206 e. The van der Waals surface area contributed by atoms with Gasteiger partial charge in [-0.25, -0.2) is 8.42 Å². The first-order chi connectivity index (χ1) is 12.4. The van der Waals surface area contributed by atoms with Crippen molar-refractivity contribution in [3.05, 3.63) is 41.3 Å². The summed E-state index contributed by atoms with van der Waals surface area (Å²) in [6, 6.07) is 8.36. The summed E-state index contributed by atoms with van der Waals surface area (Å²) >= 11 is 0. The molecule has 1 aromatic carbocycles. The number of benzene rings is 1. The van der Waals surface area contributed by atoms with Crippen LogP contribution in [0.2, 0.25) is 18.1 Å². The Kier molecular flexibility index (Phi) is 6.46. The molecule has 0 unspecified atom stereocenters. The number of allylic oxidation sites excluding steroid dienone is 1. The third kappa shape index (κ3) is 4.93. The fourth-order valence-electron chi connectivity index (χ4n) is 3.04. The summed E-state index contributed by atoms with van der Waals surface area (Å²) in [6.07, 6.45) is 5.09. The highest BCUT2D eigenvalue weighted by atomic mass is 32.2. The van der Waals surface area contributed by atoms with E-state index in [0.29, 0.717) is 12.8 Å². The Morgan fingerprint density at radius 2 is 1.67 bits per heavy atom. The lowest BCUT2D eigenvalue weighted by Crippen LogP contribution is -2.37. The van der Waals surface area contributed by atoms with E-state index in [1.807, 2.05) is 0 Å². The molecule has 0 atom stereocenters. The zero-order valence-corrected chi connectivity index (χ0v) is 19.0. The molecule has 0 radical (unpaired) electrons. The number of hydrogen-bond donors (Lipinski definition) is 1. The van der Waals surface area contributed by atoms with Crippen LogP contribution in [0.1, 0.15) is 52.9 Å². The fourth-order valence-corrected chi connectivity index (χ4v) is 5.54. The Morgan fingerprint density at radius 3 is 2.19 bits per heavy atom. The molecule has 1 saturated carbocycles. The molecule has 1 aliphatic rings. The van der Waals surface area contributed by atoms with Gasteiger partial charge in [0.15, 0.2) is 0 Å². The normalized spacial score (nSPS) is 18.5. The first-order valence-corrected chi connectivity index (χ1v) is 14.1. The molecule has 0 bridgehead atoms. The first-order valence-electron chi connectivity index (χ1n) is 9.66. The molecule has 0 aromatic heterocycles. The van der Waals surface area contributed by atoms with Gasteiger partial charge in [0.1, 0.15) is 13.7 Å². The van der Waals surface area contributed by atoms with E-state index in [1.54, 1.807) is 30.3 Å². The van der Waals surface area contributed by atoms with Crippen molar-refractivity contribution < 1.29 is 13.5 Å². The zero-order valence-electron chi connectivity index (χ0n) is 17.2. The maximum absolute atomic E-state index is 13.3. The quantitative estimate of drug-likeness (QED) is 0.564. The van der Waals surface area contributed by atoms with Gasteiger partial charge in [0.05, 0.1) is 9.80 Å². The highest BCUT2D eigenvalue weighted by Crippen LogP contribution is 2.39. The molecule has 5 heteroatoms. The summed E-state index contributed by atoms with van der Waals surface area (Å²) < 4.78 is 26.6. The first kappa shape index (κ1) is 21.9. The van der Waals surface area contributed by atoms with Crippen LogP contribution in [0.15, 0.2) is 46.2 Å². The van der Waals surface area contributed by atoms with E-state index in [0.717, 1.165) is 19.3 Å².